The van der Waals surface area contributed by atoms with Crippen molar-refractivity contribution in [3.63, 3.8) is 0 Å². The largest absolute Gasteiger partial charge is 0.483 e. The summed E-state index contributed by atoms with van der Waals surface area (Å²) in [4.78, 5) is 110. The van der Waals surface area contributed by atoms with Crippen molar-refractivity contribution in [1.82, 2.24) is 36.1 Å². The first-order chi connectivity index (χ1) is 34.6. The topological polar surface area (TPSA) is 504 Å². The zero-order valence-corrected chi connectivity index (χ0v) is 42.4. The average molecular weight is 1110 g/mol. The summed E-state index contributed by atoms with van der Waals surface area (Å²) in [5.41, 5.74) is 10.4. The highest BCUT2D eigenvalue weighted by Gasteiger charge is 2.51. The third kappa shape index (κ3) is 19.1. The Hall–Kier alpha value is -4.15. The van der Waals surface area contributed by atoms with E-state index >= 15 is 0 Å². The van der Waals surface area contributed by atoms with Gasteiger partial charge in [-0.2, -0.15) is 4.31 Å². The highest BCUT2D eigenvalue weighted by Crippen LogP contribution is 2.61. The molecule has 0 aromatic carbocycles. The number of aromatic amines is 1. The van der Waals surface area contributed by atoms with Gasteiger partial charge >= 0.3 is 33.3 Å². The summed E-state index contributed by atoms with van der Waals surface area (Å²) in [6.45, 7) is 2.56. The number of carboxylic acids is 2. The fraction of sp³-hybridized carbons (Fsp3) is 0.775. The van der Waals surface area contributed by atoms with Crippen molar-refractivity contribution in [2.75, 3.05) is 19.8 Å². The van der Waals surface area contributed by atoms with Gasteiger partial charge in [-0.3, -0.25) is 53.2 Å². The maximum atomic E-state index is 13.7. The van der Waals surface area contributed by atoms with E-state index in [0.29, 0.717) is 32.2 Å². The van der Waals surface area contributed by atoms with Gasteiger partial charge in [0, 0.05) is 12.3 Å². The van der Waals surface area contributed by atoms with E-state index in [4.69, 9.17) is 39.8 Å². The maximum Gasteiger partial charge on any atom is 0.483 e. The predicted octanol–water partition coefficient (Wildman–Crippen LogP) is -4.82. The quantitative estimate of drug-likeness (QED) is 0.0183. The number of aliphatic hydroxyl groups excluding tert-OH is 4. The minimum Gasteiger partial charge on any atom is -0.480 e. The number of phosphoric ester groups is 2. The second-order valence-corrected chi connectivity index (χ2v) is 21.1. The van der Waals surface area contributed by atoms with Gasteiger partial charge in [0.25, 0.3) is 5.56 Å². The summed E-state index contributed by atoms with van der Waals surface area (Å²) >= 11 is 0. The highest BCUT2D eigenvalue weighted by molar-refractivity contribution is 7.61. The summed E-state index contributed by atoms with van der Waals surface area (Å²) in [7, 11) is -11.1. The van der Waals surface area contributed by atoms with Crippen molar-refractivity contribution in [3.8, 4) is 0 Å². The first-order valence-electron chi connectivity index (χ1n) is 23.6. The minimum atomic E-state index is -5.69. The van der Waals surface area contributed by atoms with E-state index in [9.17, 15) is 78.0 Å². The van der Waals surface area contributed by atoms with Crippen molar-refractivity contribution in [2.24, 2.45) is 17.4 Å². The molecule has 1 aromatic heterocycles. The van der Waals surface area contributed by atoms with Crippen LogP contribution in [0.3, 0.4) is 0 Å². The van der Waals surface area contributed by atoms with E-state index in [-0.39, 0.29) is 25.7 Å². The second kappa shape index (κ2) is 28.3. The Morgan fingerprint density at radius 2 is 1.55 bits per heavy atom. The Kier molecular flexibility index (Phi) is 23.9. The molecule has 0 bridgehead atoms. The van der Waals surface area contributed by atoms with Gasteiger partial charge in [0.05, 0.1) is 37.4 Å². The number of nitrogens with one attached hydrogen (secondary N) is 6. The smallest absolute Gasteiger partial charge is 0.480 e. The summed E-state index contributed by atoms with van der Waals surface area (Å²) in [5, 5.41) is 73.6. The first kappa shape index (κ1) is 62.4. The predicted molar refractivity (Wildman–Crippen MR) is 249 cm³/mol. The molecule has 1 saturated carbocycles. The molecule has 1 aromatic rings. The van der Waals surface area contributed by atoms with E-state index in [1.807, 2.05) is 0 Å². The van der Waals surface area contributed by atoms with Crippen LogP contribution in [0.1, 0.15) is 84.8 Å². The third-order valence-electron chi connectivity index (χ3n) is 12.0. The van der Waals surface area contributed by atoms with E-state index in [1.165, 1.54) is 27.0 Å². The molecule has 0 radical (unpaired) electrons. The van der Waals surface area contributed by atoms with Crippen LogP contribution in [0.2, 0.25) is 0 Å². The SMILES string of the molecule is C[C@H](NC(=O)C(OC1C(N)[C@@H](OP(=O)(O)OP(=O)(O)OC[C@@H]2CCC(n3ccc(=O)[nH]c3=O)O2)OC(CO)[C@H]1O)C1CC1)C(=O)N[C@H](CCC(O)N[C@@H](CCCCN)C(=O)N[C@H](C)C(O)N[C@H](C)C(=O)O)C(=O)O. The Balaban J connectivity index is 1.32. The Morgan fingerprint density at radius 3 is 2.16 bits per heavy atom. The van der Waals surface area contributed by atoms with Crippen molar-refractivity contribution in [1.29, 1.82) is 0 Å². The zero-order chi connectivity index (χ0) is 55.2. The molecule has 17 atom stereocenters. The first-order valence-corrected chi connectivity index (χ1v) is 26.6. The van der Waals surface area contributed by atoms with Crippen LogP contribution in [-0.4, -0.2) is 185 Å². The number of aliphatic carboxylic acids is 2. The maximum absolute atomic E-state index is 13.7. The lowest BCUT2D eigenvalue weighted by atomic mass is 9.97. The standard InChI is InChI=1S/C40H69N9O23P2/c1-18(33(54)45-20(3)37(58)59)43-35(56)23(6-4-5-14-41)46-26(51)11-10-24(38(60)61)47-34(55)19(2)44-36(57)31(21-7-8-21)70-32-29(42)39(69-25(16-50)30(32)53)71-74(65,66)72-73(63,64)67-17-22-9-12-28(68-22)49-15-13-27(52)48-40(49)62/h13,15,18-26,28-33,39,45-46,50-51,53-54H,4-12,14,16-17,41-42H2,1-3H3,(H,43,56)(H,44,57)(H,47,55)(H,58,59)(H,60,61)(H,63,64)(H,65,66)(H,48,52,62)/t18-,19+,20-,22+,23+,24-,25?,26?,28?,29?,30-,31?,32?,33?,39-/m1/s1. The number of hydrogen-bond acceptors (Lipinski definition) is 23. The number of amides is 3. The summed E-state index contributed by atoms with van der Waals surface area (Å²) in [5.74, 6) is -5.91. The van der Waals surface area contributed by atoms with E-state index < -0.39 is 174 Å². The van der Waals surface area contributed by atoms with Crippen molar-refractivity contribution >= 4 is 45.3 Å². The minimum absolute atomic E-state index is 0.152. The van der Waals surface area contributed by atoms with Gasteiger partial charge in [0.15, 0.2) is 6.29 Å². The van der Waals surface area contributed by atoms with Crippen LogP contribution in [-0.2, 0) is 60.7 Å². The van der Waals surface area contributed by atoms with Crippen LogP contribution in [0.4, 0.5) is 0 Å². The molecule has 3 aliphatic rings. The number of phosphoric acid groups is 2. The molecule has 1 aliphatic carbocycles. The number of carbonyl (C=O) groups is 5. The molecule has 422 valence electrons. The lowest BCUT2D eigenvalue weighted by Crippen LogP contribution is -2.64. The number of hydrogen-bond donors (Lipinski definition) is 16. The van der Waals surface area contributed by atoms with Gasteiger partial charge in [-0.25, -0.2) is 18.7 Å². The number of nitrogens with zero attached hydrogens (tertiary/aromatic N) is 1. The van der Waals surface area contributed by atoms with Crippen LogP contribution in [0, 0.1) is 5.92 Å². The lowest BCUT2D eigenvalue weighted by Gasteiger charge is -2.43. The summed E-state index contributed by atoms with van der Waals surface area (Å²) in [6.07, 6.45) is -10.8. The van der Waals surface area contributed by atoms with Crippen LogP contribution >= 0.6 is 15.6 Å². The van der Waals surface area contributed by atoms with E-state index in [0.717, 1.165) is 10.6 Å². The fourth-order valence-electron chi connectivity index (χ4n) is 7.67. The Morgan fingerprint density at radius 1 is 0.865 bits per heavy atom. The summed E-state index contributed by atoms with van der Waals surface area (Å²) < 4.78 is 58.0. The van der Waals surface area contributed by atoms with Crippen molar-refractivity contribution in [2.45, 2.75) is 170 Å². The number of aromatic nitrogens is 2. The molecule has 34 heteroatoms. The molecular weight excluding hydrogens is 1040 g/mol. The van der Waals surface area contributed by atoms with Gasteiger partial charge in [-0.05, 0) is 84.6 Å². The number of ether oxygens (including phenoxy) is 3. The zero-order valence-electron chi connectivity index (χ0n) is 40.6. The molecule has 2 saturated heterocycles. The van der Waals surface area contributed by atoms with Crippen LogP contribution in [0.15, 0.2) is 21.9 Å². The number of rotatable bonds is 32. The van der Waals surface area contributed by atoms with Gasteiger partial charge in [0.1, 0.15) is 61.2 Å². The number of aliphatic hydroxyl groups is 4. The van der Waals surface area contributed by atoms with Crippen molar-refractivity contribution < 1.29 is 101 Å². The number of unbranched alkanes of at least 4 members (excludes halogenated alkanes) is 1. The monoisotopic (exact) mass is 1110 g/mol. The van der Waals surface area contributed by atoms with Crippen molar-refractivity contribution in [3.05, 3.63) is 33.1 Å². The van der Waals surface area contributed by atoms with Gasteiger partial charge in [-0.1, -0.05) is 6.42 Å². The average Bonchev–Trinajstić information content (AvgIpc) is 4.05. The molecular formula is C40H69N9O23P2. The number of nitrogens with two attached hydrogens (primary N) is 2. The van der Waals surface area contributed by atoms with Gasteiger partial charge in [-0.15, -0.1) is 0 Å². The molecule has 9 unspecified atom stereocenters. The summed E-state index contributed by atoms with van der Waals surface area (Å²) in [6, 6.07) is -6.98. The molecule has 3 heterocycles. The van der Waals surface area contributed by atoms with Gasteiger partial charge < -0.3 is 82.1 Å². The fourth-order valence-corrected chi connectivity index (χ4v) is 9.87. The Bertz CT molecular complexity index is 2280. The molecule has 3 amide bonds. The lowest BCUT2D eigenvalue weighted by molar-refractivity contribution is -0.258. The molecule has 2 aliphatic heterocycles. The third-order valence-corrected chi connectivity index (χ3v) is 14.6. The molecule has 3 fully saturated rings. The Labute approximate surface area is 422 Å². The molecule has 18 N–H and O–H groups in total. The number of carbonyl (C=O) groups excluding carboxylic acids is 3. The van der Waals surface area contributed by atoms with Crippen LogP contribution in [0.25, 0.3) is 0 Å². The number of carboxylic acid groups (broad SMARTS) is 2. The second-order valence-electron chi connectivity index (χ2n) is 18.1. The van der Waals surface area contributed by atoms with E-state index in [1.54, 1.807) is 0 Å². The molecule has 32 nitrogen and oxygen atoms in total. The normalized spacial score (nSPS) is 26.9. The van der Waals surface area contributed by atoms with Crippen LogP contribution in [0.5, 0.6) is 0 Å². The van der Waals surface area contributed by atoms with E-state index in [2.05, 4.69) is 35.9 Å². The highest BCUT2D eigenvalue weighted by atomic mass is 31.3. The van der Waals surface area contributed by atoms with Gasteiger partial charge in [0.2, 0.25) is 17.7 Å². The number of H-pyrrole nitrogens is 1. The van der Waals surface area contributed by atoms with Crippen LogP contribution < -0.4 is 49.3 Å². The molecule has 4 rings (SSSR count). The molecule has 0 spiro atoms. The molecule has 74 heavy (non-hydrogen) atoms.